The summed E-state index contributed by atoms with van der Waals surface area (Å²) in [5, 5.41) is 0. The van der Waals surface area contributed by atoms with E-state index in [1.807, 2.05) is 0 Å². The SMILES string of the molecule is CCC(=C1OC23CCCCC2CCC1C3)C(C)(C)C. The molecule has 3 unspecified atom stereocenters. The third kappa shape index (κ3) is 2.14. The molecule has 0 amide bonds. The van der Waals surface area contributed by atoms with E-state index in [0.717, 1.165) is 18.3 Å². The van der Waals surface area contributed by atoms with Crippen molar-refractivity contribution in [3.05, 3.63) is 11.3 Å². The maximum absolute atomic E-state index is 6.74. The van der Waals surface area contributed by atoms with E-state index in [0.29, 0.717) is 0 Å². The molecule has 1 nitrogen and oxygen atoms in total. The zero-order valence-corrected chi connectivity index (χ0v) is 13.2. The van der Waals surface area contributed by atoms with Crippen LogP contribution in [-0.2, 0) is 4.74 Å². The Hall–Kier alpha value is -0.460. The largest absolute Gasteiger partial charge is 0.491 e. The third-order valence-electron chi connectivity index (χ3n) is 5.84. The number of fused-ring (bicyclic) bond motifs is 1. The first-order valence-corrected chi connectivity index (χ1v) is 8.39. The van der Waals surface area contributed by atoms with E-state index in [-0.39, 0.29) is 11.0 Å². The lowest BCUT2D eigenvalue weighted by atomic mass is 9.65. The Morgan fingerprint density at radius 1 is 1.21 bits per heavy atom. The highest BCUT2D eigenvalue weighted by Gasteiger charge is 2.54. The molecule has 1 heteroatoms. The van der Waals surface area contributed by atoms with Crippen LogP contribution in [0.15, 0.2) is 11.3 Å². The number of rotatable bonds is 1. The van der Waals surface area contributed by atoms with Gasteiger partial charge in [-0.15, -0.1) is 0 Å². The van der Waals surface area contributed by atoms with Crippen LogP contribution in [0.25, 0.3) is 0 Å². The molecular weight excluding hydrogens is 232 g/mol. The quantitative estimate of drug-likeness (QED) is 0.610. The van der Waals surface area contributed by atoms with Crippen molar-refractivity contribution in [1.82, 2.24) is 0 Å². The van der Waals surface area contributed by atoms with E-state index in [9.17, 15) is 0 Å². The minimum atomic E-state index is 0.252. The summed E-state index contributed by atoms with van der Waals surface area (Å²) < 4.78 is 6.74. The van der Waals surface area contributed by atoms with Crippen molar-refractivity contribution in [3.63, 3.8) is 0 Å². The van der Waals surface area contributed by atoms with Gasteiger partial charge in [0, 0.05) is 5.92 Å². The summed E-state index contributed by atoms with van der Waals surface area (Å²) in [6, 6.07) is 0. The van der Waals surface area contributed by atoms with Gasteiger partial charge in [0.1, 0.15) is 5.60 Å². The first kappa shape index (κ1) is 13.5. The van der Waals surface area contributed by atoms with Crippen LogP contribution in [0.5, 0.6) is 0 Å². The van der Waals surface area contributed by atoms with Crippen LogP contribution < -0.4 is 0 Å². The van der Waals surface area contributed by atoms with Crippen molar-refractivity contribution >= 4 is 0 Å². The van der Waals surface area contributed by atoms with Gasteiger partial charge < -0.3 is 4.74 Å². The molecule has 108 valence electrons. The minimum Gasteiger partial charge on any atom is -0.491 e. The predicted octanol–water partition coefficient (Wildman–Crippen LogP) is 5.46. The van der Waals surface area contributed by atoms with Crippen LogP contribution in [0.1, 0.15) is 79.1 Å². The van der Waals surface area contributed by atoms with Crippen LogP contribution in [0.2, 0.25) is 0 Å². The lowest BCUT2D eigenvalue weighted by Crippen LogP contribution is -2.42. The van der Waals surface area contributed by atoms with E-state index >= 15 is 0 Å². The van der Waals surface area contributed by atoms with Crippen LogP contribution in [-0.4, -0.2) is 5.60 Å². The molecule has 2 saturated carbocycles. The lowest BCUT2D eigenvalue weighted by Gasteiger charge is -2.42. The average molecular weight is 262 g/mol. The van der Waals surface area contributed by atoms with Crippen LogP contribution >= 0.6 is 0 Å². The first-order chi connectivity index (χ1) is 8.96. The summed E-state index contributed by atoms with van der Waals surface area (Å²) in [7, 11) is 0. The molecule has 3 rings (SSSR count). The summed E-state index contributed by atoms with van der Waals surface area (Å²) in [6.07, 6.45) is 10.8. The van der Waals surface area contributed by atoms with E-state index in [1.165, 1.54) is 50.7 Å². The van der Waals surface area contributed by atoms with Gasteiger partial charge in [0.15, 0.2) is 0 Å². The molecule has 0 N–H and O–H groups in total. The van der Waals surface area contributed by atoms with Gasteiger partial charge in [-0.3, -0.25) is 0 Å². The normalized spacial score (nSPS) is 40.6. The van der Waals surface area contributed by atoms with Crippen molar-refractivity contribution in [2.75, 3.05) is 0 Å². The fraction of sp³-hybridized carbons (Fsp3) is 0.889. The first-order valence-electron chi connectivity index (χ1n) is 8.39. The average Bonchev–Trinajstić information content (AvgIpc) is 2.61. The van der Waals surface area contributed by atoms with Gasteiger partial charge in [-0.2, -0.15) is 0 Å². The zero-order chi connectivity index (χ0) is 13.7. The Kier molecular flexibility index (Phi) is 3.22. The summed E-state index contributed by atoms with van der Waals surface area (Å²) in [5.41, 5.74) is 2.10. The van der Waals surface area contributed by atoms with E-state index in [4.69, 9.17) is 4.74 Å². The van der Waals surface area contributed by atoms with Gasteiger partial charge in [-0.25, -0.2) is 0 Å². The van der Waals surface area contributed by atoms with Crippen molar-refractivity contribution in [3.8, 4) is 0 Å². The monoisotopic (exact) mass is 262 g/mol. The molecular formula is C18H30O. The highest BCUT2D eigenvalue weighted by atomic mass is 16.5. The molecule has 2 bridgehead atoms. The predicted molar refractivity (Wildman–Crippen MR) is 79.9 cm³/mol. The second kappa shape index (κ2) is 4.53. The van der Waals surface area contributed by atoms with Gasteiger partial charge in [0.2, 0.25) is 0 Å². The van der Waals surface area contributed by atoms with E-state index < -0.39 is 0 Å². The lowest BCUT2D eigenvalue weighted by molar-refractivity contribution is -0.0524. The second-order valence-corrected chi connectivity index (χ2v) is 8.03. The maximum atomic E-state index is 6.74. The molecule has 0 radical (unpaired) electrons. The standard InChI is InChI=1S/C18H30O/c1-5-15(17(2,3)4)16-13-9-10-14-8-6-7-11-18(14,12-13)19-16/h13-14H,5-12H2,1-4H3. The van der Waals surface area contributed by atoms with Crippen molar-refractivity contribution in [1.29, 1.82) is 0 Å². The third-order valence-corrected chi connectivity index (χ3v) is 5.84. The fourth-order valence-corrected chi connectivity index (χ4v) is 4.96. The molecule has 2 aliphatic carbocycles. The molecule has 1 heterocycles. The van der Waals surface area contributed by atoms with Crippen molar-refractivity contribution in [2.45, 2.75) is 84.7 Å². The van der Waals surface area contributed by atoms with Crippen molar-refractivity contribution in [2.24, 2.45) is 17.3 Å². The van der Waals surface area contributed by atoms with E-state index in [1.54, 1.807) is 5.57 Å². The number of hydrogen-bond donors (Lipinski definition) is 0. The number of allylic oxidation sites excluding steroid dienone is 2. The van der Waals surface area contributed by atoms with Gasteiger partial charge in [-0.05, 0) is 61.9 Å². The smallest absolute Gasteiger partial charge is 0.112 e. The highest BCUT2D eigenvalue weighted by molar-refractivity contribution is 5.24. The molecule has 1 aliphatic heterocycles. The Morgan fingerprint density at radius 3 is 2.68 bits per heavy atom. The fourth-order valence-electron chi connectivity index (χ4n) is 4.96. The Bertz CT molecular complexity index is 387. The maximum Gasteiger partial charge on any atom is 0.112 e. The molecule has 0 aromatic carbocycles. The van der Waals surface area contributed by atoms with Crippen molar-refractivity contribution < 1.29 is 4.74 Å². The Labute approximate surface area is 118 Å². The van der Waals surface area contributed by atoms with Crippen LogP contribution in [0, 0.1) is 17.3 Å². The molecule has 1 saturated heterocycles. The minimum absolute atomic E-state index is 0.252. The van der Waals surface area contributed by atoms with Gasteiger partial charge in [-0.1, -0.05) is 34.1 Å². The molecule has 3 fully saturated rings. The summed E-state index contributed by atoms with van der Waals surface area (Å²) in [6.45, 7) is 9.34. The summed E-state index contributed by atoms with van der Waals surface area (Å²) in [5.74, 6) is 3.01. The van der Waals surface area contributed by atoms with Crippen LogP contribution in [0.4, 0.5) is 0 Å². The molecule has 1 spiro atoms. The number of ether oxygens (including phenoxy) is 1. The Balaban J connectivity index is 1.96. The topological polar surface area (TPSA) is 9.23 Å². The highest BCUT2D eigenvalue weighted by Crippen LogP contribution is 2.57. The van der Waals surface area contributed by atoms with Gasteiger partial charge >= 0.3 is 0 Å². The van der Waals surface area contributed by atoms with E-state index in [2.05, 4.69) is 27.7 Å². The molecule has 0 aromatic rings. The summed E-state index contributed by atoms with van der Waals surface area (Å²) in [4.78, 5) is 0. The zero-order valence-electron chi connectivity index (χ0n) is 13.2. The second-order valence-electron chi connectivity index (χ2n) is 8.03. The summed E-state index contributed by atoms with van der Waals surface area (Å²) >= 11 is 0. The van der Waals surface area contributed by atoms with Gasteiger partial charge in [0.05, 0.1) is 5.76 Å². The molecule has 3 atom stereocenters. The number of hydrogen-bond acceptors (Lipinski definition) is 1. The molecule has 3 aliphatic rings. The van der Waals surface area contributed by atoms with Crippen LogP contribution in [0.3, 0.4) is 0 Å². The van der Waals surface area contributed by atoms with Gasteiger partial charge in [0.25, 0.3) is 0 Å². The molecule has 19 heavy (non-hydrogen) atoms. The Morgan fingerprint density at radius 2 is 2.00 bits per heavy atom. The molecule has 0 aromatic heterocycles.